The number of nitrogens with one attached hydrogen (secondary N) is 1. The summed E-state index contributed by atoms with van der Waals surface area (Å²) in [5.74, 6) is -0.839. The highest BCUT2D eigenvalue weighted by molar-refractivity contribution is 7.09. The van der Waals surface area contributed by atoms with Gasteiger partial charge in [0, 0.05) is 22.3 Å². The van der Waals surface area contributed by atoms with Crippen molar-refractivity contribution in [3.8, 4) is 11.3 Å². The lowest BCUT2D eigenvalue weighted by atomic mass is 10.1. The van der Waals surface area contributed by atoms with Crippen molar-refractivity contribution in [1.82, 2.24) is 9.88 Å². The maximum Gasteiger partial charge on any atom is 0.332 e. The van der Waals surface area contributed by atoms with Gasteiger partial charge in [0.25, 0.3) is 5.91 Å². The van der Waals surface area contributed by atoms with Crippen LogP contribution in [0.3, 0.4) is 0 Å². The van der Waals surface area contributed by atoms with Crippen molar-refractivity contribution in [3.63, 3.8) is 0 Å². The molecule has 4 amide bonds. The van der Waals surface area contributed by atoms with E-state index in [9.17, 15) is 14.4 Å². The van der Waals surface area contributed by atoms with E-state index in [2.05, 4.69) is 10.3 Å². The first kappa shape index (κ1) is 18.8. The second-order valence-electron chi connectivity index (χ2n) is 6.56. The van der Waals surface area contributed by atoms with Crippen LogP contribution in [-0.2, 0) is 9.59 Å². The third kappa shape index (κ3) is 4.02. The molecule has 0 bridgehead atoms. The molecular formula is C21H18N4O3S. The number of rotatable bonds is 5. The monoisotopic (exact) mass is 406 g/mol. The molecule has 1 N–H and O–H groups in total. The van der Waals surface area contributed by atoms with E-state index in [4.69, 9.17) is 0 Å². The molecule has 146 valence electrons. The van der Waals surface area contributed by atoms with Crippen LogP contribution in [-0.4, -0.2) is 40.8 Å². The zero-order valence-corrected chi connectivity index (χ0v) is 16.5. The molecule has 1 fully saturated rings. The number of amides is 4. The minimum Gasteiger partial charge on any atom is -0.325 e. The Morgan fingerprint density at radius 3 is 2.66 bits per heavy atom. The molecule has 8 heteroatoms. The molecule has 2 heterocycles. The maximum absolute atomic E-state index is 12.6. The molecule has 0 saturated carbocycles. The fourth-order valence-electron chi connectivity index (χ4n) is 3.10. The summed E-state index contributed by atoms with van der Waals surface area (Å²) in [6.45, 7) is 1.53. The first-order valence-corrected chi connectivity index (χ1v) is 9.88. The van der Waals surface area contributed by atoms with Crippen molar-refractivity contribution in [3.05, 3.63) is 65.0 Å². The number of benzene rings is 2. The molecule has 3 aromatic rings. The molecule has 4 rings (SSSR count). The summed E-state index contributed by atoms with van der Waals surface area (Å²) in [7, 11) is 0. The number of imide groups is 1. The van der Waals surface area contributed by atoms with Gasteiger partial charge < -0.3 is 5.32 Å². The first-order valence-electron chi connectivity index (χ1n) is 9.00. The second kappa shape index (κ2) is 7.84. The summed E-state index contributed by atoms with van der Waals surface area (Å²) < 4.78 is 0. The van der Waals surface area contributed by atoms with Crippen LogP contribution < -0.4 is 10.2 Å². The van der Waals surface area contributed by atoms with Crippen LogP contribution in [0.15, 0.2) is 60.0 Å². The van der Waals surface area contributed by atoms with E-state index in [0.29, 0.717) is 11.4 Å². The summed E-state index contributed by atoms with van der Waals surface area (Å²) in [6.07, 6.45) is 0. The maximum atomic E-state index is 12.6. The van der Waals surface area contributed by atoms with Crippen molar-refractivity contribution >= 4 is 40.6 Å². The van der Waals surface area contributed by atoms with Gasteiger partial charge in [-0.25, -0.2) is 9.78 Å². The number of anilines is 2. The summed E-state index contributed by atoms with van der Waals surface area (Å²) in [5, 5.41) is 5.67. The van der Waals surface area contributed by atoms with Crippen LogP contribution in [0.25, 0.3) is 11.3 Å². The molecule has 2 aromatic carbocycles. The highest BCUT2D eigenvalue weighted by Crippen LogP contribution is 2.24. The molecule has 7 nitrogen and oxygen atoms in total. The minimum absolute atomic E-state index is 0.0746. The molecule has 1 aromatic heterocycles. The Morgan fingerprint density at radius 2 is 1.93 bits per heavy atom. The predicted octanol–water partition coefficient (Wildman–Crippen LogP) is 3.53. The number of aryl methyl sites for hydroxylation is 1. The summed E-state index contributed by atoms with van der Waals surface area (Å²) in [5.41, 5.74) is 2.93. The number of para-hydroxylation sites is 1. The Balaban J connectivity index is 1.43. The van der Waals surface area contributed by atoms with Gasteiger partial charge in [0.05, 0.1) is 10.7 Å². The van der Waals surface area contributed by atoms with E-state index in [1.165, 1.54) is 4.90 Å². The van der Waals surface area contributed by atoms with Gasteiger partial charge in [-0.3, -0.25) is 19.4 Å². The van der Waals surface area contributed by atoms with Gasteiger partial charge in [-0.2, -0.15) is 0 Å². The molecule has 0 unspecified atom stereocenters. The molecule has 1 aliphatic heterocycles. The number of nitrogens with zero attached hydrogens (tertiary/aromatic N) is 3. The van der Waals surface area contributed by atoms with Gasteiger partial charge in [-0.15, -0.1) is 11.3 Å². The summed E-state index contributed by atoms with van der Waals surface area (Å²) >= 11 is 1.55. The van der Waals surface area contributed by atoms with E-state index in [1.54, 1.807) is 41.7 Å². The lowest BCUT2D eigenvalue weighted by Gasteiger charge is -2.17. The average molecular weight is 406 g/mol. The third-order valence-electron chi connectivity index (χ3n) is 4.49. The molecule has 0 radical (unpaired) electrons. The lowest BCUT2D eigenvalue weighted by Crippen LogP contribution is -2.39. The Labute approximate surface area is 171 Å². The zero-order chi connectivity index (χ0) is 20.4. The first-order chi connectivity index (χ1) is 14.0. The molecule has 0 spiro atoms. The Morgan fingerprint density at radius 1 is 1.14 bits per heavy atom. The van der Waals surface area contributed by atoms with Gasteiger partial charge in [0.2, 0.25) is 5.91 Å². The number of hydrogen-bond donors (Lipinski definition) is 1. The van der Waals surface area contributed by atoms with Crippen LogP contribution in [0.2, 0.25) is 0 Å². The molecule has 0 atom stereocenters. The van der Waals surface area contributed by atoms with Crippen molar-refractivity contribution in [2.75, 3.05) is 23.3 Å². The number of urea groups is 1. The number of carbonyl (C=O) groups is 3. The van der Waals surface area contributed by atoms with Crippen molar-refractivity contribution in [1.29, 1.82) is 0 Å². The average Bonchev–Trinajstić information content (AvgIpc) is 3.27. The van der Waals surface area contributed by atoms with Crippen LogP contribution >= 0.6 is 11.3 Å². The normalized spacial score (nSPS) is 13.8. The fraction of sp³-hybridized carbons (Fsp3) is 0.143. The molecule has 29 heavy (non-hydrogen) atoms. The third-order valence-corrected chi connectivity index (χ3v) is 5.26. The topological polar surface area (TPSA) is 82.6 Å². The van der Waals surface area contributed by atoms with Crippen LogP contribution in [0, 0.1) is 6.92 Å². The van der Waals surface area contributed by atoms with Gasteiger partial charge >= 0.3 is 6.03 Å². The van der Waals surface area contributed by atoms with Crippen LogP contribution in [0.1, 0.15) is 5.01 Å². The SMILES string of the molecule is Cc1nc(-c2cccc(NC(=O)CN3C(=O)CN(c4ccccc4)C3=O)c2)cs1. The van der Waals surface area contributed by atoms with Crippen LogP contribution in [0.5, 0.6) is 0 Å². The van der Waals surface area contributed by atoms with E-state index in [-0.39, 0.29) is 13.1 Å². The quantitative estimate of drug-likeness (QED) is 0.657. The van der Waals surface area contributed by atoms with Gasteiger partial charge in [0.15, 0.2) is 0 Å². The highest BCUT2D eigenvalue weighted by Gasteiger charge is 2.37. The molecular weight excluding hydrogens is 388 g/mol. The summed E-state index contributed by atoms with van der Waals surface area (Å²) in [4.78, 5) is 44.1. The molecule has 1 saturated heterocycles. The molecule has 1 aliphatic rings. The van der Waals surface area contributed by atoms with E-state index in [0.717, 1.165) is 21.2 Å². The lowest BCUT2D eigenvalue weighted by molar-refractivity contribution is -0.128. The standard InChI is InChI=1S/C21H18N4O3S/c1-14-22-18(13-29-14)15-6-5-7-16(10-15)23-19(26)11-25-20(27)12-24(21(25)28)17-8-3-2-4-9-17/h2-10,13H,11-12H2,1H3,(H,23,26). The Hall–Kier alpha value is -3.52. The Kier molecular flexibility index (Phi) is 5.09. The number of aromatic nitrogens is 1. The van der Waals surface area contributed by atoms with E-state index >= 15 is 0 Å². The van der Waals surface area contributed by atoms with Crippen molar-refractivity contribution in [2.45, 2.75) is 6.92 Å². The number of carbonyl (C=O) groups excluding carboxylic acids is 3. The van der Waals surface area contributed by atoms with Gasteiger partial charge in [-0.1, -0.05) is 30.3 Å². The number of hydrogen-bond acceptors (Lipinski definition) is 5. The fourth-order valence-corrected chi connectivity index (χ4v) is 3.72. The van der Waals surface area contributed by atoms with Crippen LogP contribution in [0.4, 0.5) is 16.2 Å². The minimum atomic E-state index is -0.497. The van der Waals surface area contributed by atoms with Gasteiger partial charge in [-0.05, 0) is 31.2 Å². The van der Waals surface area contributed by atoms with E-state index in [1.807, 2.05) is 36.6 Å². The van der Waals surface area contributed by atoms with Crippen molar-refractivity contribution < 1.29 is 14.4 Å². The van der Waals surface area contributed by atoms with E-state index < -0.39 is 17.8 Å². The highest BCUT2D eigenvalue weighted by atomic mass is 32.1. The smallest absolute Gasteiger partial charge is 0.325 e. The second-order valence-corrected chi connectivity index (χ2v) is 7.63. The van der Waals surface area contributed by atoms with Gasteiger partial charge in [0.1, 0.15) is 13.1 Å². The Bertz CT molecular complexity index is 1080. The van der Waals surface area contributed by atoms with Crippen molar-refractivity contribution in [2.24, 2.45) is 0 Å². The number of thiazole rings is 1. The largest absolute Gasteiger partial charge is 0.332 e. The predicted molar refractivity (Wildman–Crippen MR) is 112 cm³/mol. The zero-order valence-electron chi connectivity index (χ0n) is 15.7. The summed E-state index contributed by atoms with van der Waals surface area (Å²) in [6, 6.07) is 15.7. The molecule has 0 aliphatic carbocycles.